The molecule has 0 aliphatic heterocycles. The maximum atomic E-state index is 14.6. The summed E-state index contributed by atoms with van der Waals surface area (Å²) in [5.74, 6) is -0.983. The molecule has 0 radical (unpaired) electrons. The van der Waals surface area contributed by atoms with Crippen LogP contribution in [0.25, 0.3) is 0 Å². The molecule has 0 fully saturated rings. The first-order chi connectivity index (χ1) is 11.6. The van der Waals surface area contributed by atoms with E-state index in [1.807, 2.05) is 38.2 Å². The van der Waals surface area contributed by atoms with E-state index in [0.29, 0.717) is 43.9 Å². The van der Waals surface area contributed by atoms with Gasteiger partial charge in [-0.2, -0.15) is 0 Å². The molecule has 3 N–H and O–H groups in total. The molecule has 0 spiro atoms. The van der Waals surface area contributed by atoms with Gasteiger partial charge in [0, 0.05) is 24.4 Å². The summed E-state index contributed by atoms with van der Waals surface area (Å²) < 4.78 is 19.7. The molecule has 0 heterocycles. The minimum atomic E-state index is -0.536. The number of ether oxygens (including phenoxy) is 1. The molecule has 0 aliphatic rings. The number of anilines is 1. The third-order valence-corrected chi connectivity index (χ3v) is 3.50. The van der Waals surface area contributed by atoms with Crippen LogP contribution < -0.4 is 11.1 Å². The maximum absolute atomic E-state index is 14.6. The first-order valence-electron chi connectivity index (χ1n) is 8.30. The molecule has 1 aromatic carbocycles. The second-order valence-corrected chi connectivity index (χ2v) is 5.26. The standard InChI is InChI=1S/C19H27FN2O2/c1-3-5-6-7-8-9-10-15-17(21)12-11-16(18(15)20)19(23)22-13-14-24-4-2/h3,5,7-8,11-12H,4,6,9-10,13-14,21H2,1-2H3,(H,22,23)/b5-3-,8-7-. The van der Waals surface area contributed by atoms with E-state index in [0.717, 1.165) is 6.42 Å². The number of nitrogens with two attached hydrogens (primary N) is 1. The Bertz CT molecular complexity index is 583. The van der Waals surface area contributed by atoms with E-state index in [1.54, 1.807) is 6.07 Å². The molecule has 5 heteroatoms. The zero-order chi connectivity index (χ0) is 17.8. The largest absolute Gasteiger partial charge is 0.398 e. The van der Waals surface area contributed by atoms with Crippen molar-refractivity contribution in [3.8, 4) is 0 Å². The number of nitrogen functional groups attached to an aromatic ring is 1. The van der Waals surface area contributed by atoms with Crippen molar-refractivity contribution in [3.05, 3.63) is 53.4 Å². The van der Waals surface area contributed by atoms with Gasteiger partial charge >= 0.3 is 0 Å². The van der Waals surface area contributed by atoms with E-state index in [1.165, 1.54) is 6.07 Å². The highest BCUT2D eigenvalue weighted by atomic mass is 19.1. The van der Waals surface area contributed by atoms with Crippen LogP contribution in [0.3, 0.4) is 0 Å². The highest BCUT2D eigenvalue weighted by molar-refractivity contribution is 5.95. The Morgan fingerprint density at radius 1 is 1.33 bits per heavy atom. The molecule has 24 heavy (non-hydrogen) atoms. The summed E-state index contributed by atoms with van der Waals surface area (Å²) in [5.41, 5.74) is 6.65. The van der Waals surface area contributed by atoms with Gasteiger partial charge in [0.2, 0.25) is 0 Å². The number of carbonyl (C=O) groups excluding carboxylic acids is 1. The molecular formula is C19H27FN2O2. The van der Waals surface area contributed by atoms with E-state index in [2.05, 4.69) is 5.32 Å². The molecule has 0 saturated carbocycles. The number of allylic oxidation sites excluding steroid dienone is 4. The van der Waals surface area contributed by atoms with Crippen LogP contribution in [-0.4, -0.2) is 25.7 Å². The Morgan fingerprint density at radius 2 is 2.12 bits per heavy atom. The minimum Gasteiger partial charge on any atom is -0.398 e. The lowest BCUT2D eigenvalue weighted by molar-refractivity contribution is 0.0918. The van der Waals surface area contributed by atoms with Gasteiger partial charge in [0.25, 0.3) is 5.91 Å². The Kier molecular flexibility index (Phi) is 9.46. The van der Waals surface area contributed by atoms with Crippen molar-refractivity contribution >= 4 is 11.6 Å². The van der Waals surface area contributed by atoms with Gasteiger partial charge in [0.05, 0.1) is 12.2 Å². The monoisotopic (exact) mass is 334 g/mol. The summed E-state index contributed by atoms with van der Waals surface area (Å²) in [7, 11) is 0. The van der Waals surface area contributed by atoms with Crippen molar-refractivity contribution in [2.24, 2.45) is 0 Å². The summed E-state index contributed by atoms with van der Waals surface area (Å²) in [4.78, 5) is 12.1. The van der Waals surface area contributed by atoms with Gasteiger partial charge in [0.15, 0.2) is 0 Å². The third-order valence-electron chi connectivity index (χ3n) is 3.50. The van der Waals surface area contributed by atoms with E-state index >= 15 is 0 Å². The van der Waals surface area contributed by atoms with Crippen LogP contribution >= 0.6 is 0 Å². The van der Waals surface area contributed by atoms with Crippen molar-refractivity contribution in [3.63, 3.8) is 0 Å². The van der Waals surface area contributed by atoms with Crippen LogP contribution in [0.2, 0.25) is 0 Å². The fourth-order valence-electron chi connectivity index (χ4n) is 2.20. The molecule has 0 aromatic heterocycles. The molecule has 1 rings (SSSR count). The number of nitrogens with one attached hydrogen (secondary N) is 1. The molecule has 0 aliphatic carbocycles. The van der Waals surface area contributed by atoms with E-state index in [-0.39, 0.29) is 5.56 Å². The number of rotatable bonds is 10. The van der Waals surface area contributed by atoms with Crippen molar-refractivity contribution in [1.29, 1.82) is 0 Å². The second kappa shape index (κ2) is 11.4. The van der Waals surface area contributed by atoms with E-state index in [4.69, 9.17) is 10.5 Å². The topological polar surface area (TPSA) is 64.4 Å². The predicted molar refractivity (Wildman–Crippen MR) is 96.5 cm³/mol. The fraction of sp³-hybridized carbons (Fsp3) is 0.421. The van der Waals surface area contributed by atoms with Crippen LogP contribution in [0.5, 0.6) is 0 Å². The summed E-state index contributed by atoms with van der Waals surface area (Å²) in [6.45, 7) is 5.18. The van der Waals surface area contributed by atoms with Gasteiger partial charge < -0.3 is 15.8 Å². The van der Waals surface area contributed by atoms with E-state index in [9.17, 15) is 9.18 Å². The molecule has 1 amide bonds. The first-order valence-corrected chi connectivity index (χ1v) is 8.30. The zero-order valence-electron chi connectivity index (χ0n) is 14.5. The lowest BCUT2D eigenvalue weighted by Gasteiger charge is -2.11. The van der Waals surface area contributed by atoms with Crippen molar-refractivity contribution in [2.75, 3.05) is 25.5 Å². The molecule has 0 saturated heterocycles. The number of hydrogen-bond acceptors (Lipinski definition) is 3. The molecule has 4 nitrogen and oxygen atoms in total. The van der Waals surface area contributed by atoms with Crippen LogP contribution in [0, 0.1) is 5.82 Å². The number of amides is 1. The highest BCUT2D eigenvalue weighted by Crippen LogP contribution is 2.21. The Morgan fingerprint density at radius 3 is 2.83 bits per heavy atom. The van der Waals surface area contributed by atoms with Crippen LogP contribution in [0.4, 0.5) is 10.1 Å². The van der Waals surface area contributed by atoms with Gasteiger partial charge in [0.1, 0.15) is 5.82 Å². The smallest absolute Gasteiger partial charge is 0.254 e. The summed E-state index contributed by atoms with van der Waals surface area (Å²) >= 11 is 0. The van der Waals surface area contributed by atoms with Gasteiger partial charge in [-0.15, -0.1) is 0 Å². The van der Waals surface area contributed by atoms with Gasteiger partial charge in [-0.05, 0) is 45.2 Å². The third kappa shape index (κ3) is 6.54. The number of halogens is 1. The average Bonchev–Trinajstić information content (AvgIpc) is 2.57. The summed E-state index contributed by atoms with van der Waals surface area (Å²) in [6, 6.07) is 3.01. The van der Waals surface area contributed by atoms with Crippen LogP contribution in [0.15, 0.2) is 36.4 Å². The number of hydrogen-bond donors (Lipinski definition) is 2. The molecule has 1 aromatic rings. The normalized spacial score (nSPS) is 11.5. The highest BCUT2D eigenvalue weighted by Gasteiger charge is 2.16. The van der Waals surface area contributed by atoms with Crippen LogP contribution in [0.1, 0.15) is 42.6 Å². The number of benzene rings is 1. The zero-order valence-corrected chi connectivity index (χ0v) is 14.5. The lowest BCUT2D eigenvalue weighted by Crippen LogP contribution is -2.28. The van der Waals surface area contributed by atoms with Gasteiger partial charge in [-0.1, -0.05) is 24.3 Å². The fourth-order valence-corrected chi connectivity index (χ4v) is 2.20. The molecule has 0 bridgehead atoms. The first kappa shape index (κ1) is 19.9. The molecular weight excluding hydrogens is 307 g/mol. The van der Waals surface area contributed by atoms with Crippen molar-refractivity contribution < 1.29 is 13.9 Å². The lowest BCUT2D eigenvalue weighted by atomic mass is 10.0. The second-order valence-electron chi connectivity index (χ2n) is 5.26. The molecule has 132 valence electrons. The van der Waals surface area contributed by atoms with E-state index < -0.39 is 11.7 Å². The molecule has 0 atom stereocenters. The SMILES string of the molecule is C/C=C\C/C=C\CCc1c(N)ccc(C(=O)NCCOCC)c1F. The minimum absolute atomic E-state index is 0.0218. The van der Waals surface area contributed by atoms with Crippen LogP contribution in [-0.2, 0) is 11.2 Å². The molecule has 0 unspecified atom stereocenters. The Hall–Kier alpha value is -2.14. The van der Waals surface area contributed by atoms with Gasteiger partial charge in [-0.25, -0.2) is 4.39 Å². The Balaban J connectivity index is 2.69. The predicted octanol–water partition coefficient (Wildman–Crippen LogP) is 3.63. The summed E-state index contributed by atoms with van der Waals surface area (Å²) in [5, 5.41) is 2.65. The number of carbonyl (C=O) groups is 1. The maximum Gasteiger partial charge on any atom is 0.254 e. The van der Waals surface area contributed by atoms with Gasteiger partial charge in [-0.3, -0.25) is 4.79 Å². The van der Waals surface area contributed by atoms with Crippen molar-refractivity contribution in [2.45, 2.75) is 33.1 Å². The van der Waals surface area contributed by atoms with Crippen molar-refractivity contribution in [1.82, 2.24) is 5.32 Å². The average molecular weight is 334 g/mol. The Labute approximate surface area is 143 Å². The quantitative estimate of drug-likeness (QED) is 0.390. The summed E-state index contributed by atoms with van der Waals surface area (Å²) in [6.07, 6.45) is 10.0.